The summed E-state index contributed by atoms with van der Waals surface area (Å²) in [5, 5.41) is 51.4. The number of benzene rings is 1. The third-order valence-corrected chi connectivity index (χ3v) is 7.55. The van der Waals surface area contributed by atoms with Crippen LogP contribution < -0.4 is 0 Å². The second-order valence-electron chi connectivity index (χ2n) is 9.90. The Labute approximate surface area is 185 Å². The molecule has 0 radical (unpaired) electrons. The maximum Gasteiger partial charge on any atom is 0.275 e. The summed E-state index contributed by atoms with van der Waals surface area (Å²) in [4.78, 5) is 11.1. The van der Waals surface area contributed by atoms with Crippen LogP contribution in [0.1, 0.15) is 51.7 Å². The fourth-order valence-electron chi connectivity index (χ4n) is 5.78. The van der Waals surface area contributed by atoms with Gasteiger partial charge in [0, 0.05) is 12.5 Å². The SMILES string of the molecule is CC(C)(C)C1CCC23OC(=N)C(C#N)(C2C1)C(C#N)(C#N)C(c1ccccc1[N+](=O)[O-])O3. The molecule has 0 spiro atoms. The Morgan fingerprint density at radius 2 is 1.84 bits per heavy atom. The first-order valence-electron chi connectivity index (χ1n) is 10.5. The van der Waals surface area contributed by atoms with Gasteiger partial charge >= 0.3 is 0 Å². The molecule has 9 nitrogen and oxygen atoms in total. The first-order chi connectivity index (χ1) is 15.0. The van der Waals surface area contributed by atoms with Gasteiger partial charge in [-0.25, -0.2) is 0 Å². The van der Waals surface area contributed by atoms with Gasteiger partial charge in [-0.1, -0.05) is 32.9 Å². The molecule has 2 heterocycles. The fourth-order valence-corrected chi connectivity index (χ4v) is 5.78. The largest absolute Gasteiger partial charge is 0.447 e. The number of nitriles is 3. The highest BCUT2D eigenvalue weighted by atomic mass is 16.7. The van der Waals surface area contributed by atoms with Crippen LogP contribution in [0.15, 0.2) is 24.3 Å². The van der Waals surface area contributed by atoms with Gasteiger partial charge in [-0.2, -0.15) is 15.8 Å². The van der Waals surface area contributed by atoms with Crippen molar-refractivity contribution in [3.63, 3.8) is 0 Å². The molecule has 4 rings (SSSR count). The summed E-state index contributed by atoms with van der Waals surface area (Å²) in [6, 6.07) is 11.8. The third-order valence-electron chi connectivity index (χ3n) is 7.55. The molecule has 0 aromatic heterocycles. The Morgan fingerprint density at radius 3 is 2.41 bits per heavy atom. The average molecular weight is 433 g/mol. The molecule has 1 aromatic rings. The standard InChI is InChI=1S/C23H23N5O4/c1-20(2,3)14-8-9-23-17(10-14)22(13-26,19(27)32-23)21(11-24,12-25)18(31-23)15-6-4-5-7-16(15)28(29)30/h4-7,14,17-18,27H,8-10H2,1-3H3. The molecule has 2 bridgehead atoms. The van der Waals surface area contributed by atoms with E-state index in [2.05, 4.69) is 26.8 Å². The van der Waals surface area contributed by atoms with Crippen molar-refractivity contribution in [2.75, 3.05) is 0 Å². The molecule has 5 unspecified atom stereocenters. The van der Waals surface area contributed by atoms with Crippen LogP contribution in [0.2, 0.25) is 0 Å². The third kappa shape index (κ3) is 2.48. The quantitative estimate of drug-likeness (QED) is 0.535. The average Bonchev–Trinajstić information content (AvgIpc) is 2.96. The molecule has 3 aliphatic rings. The minimum Gasteiger partial charge on any atom is -0.447 e. The molecule has 9 heteroatoms. The van der Waals surface area contributed by atoms with E-state index in [9.17, 15) is 25.9 Å². The second kappa shape index (κ2) is 6.76. The maximum atomic E-state index is 11.7. The van der Waals surface area contributed by atoms with E-state index >= 15 is 0 Å². The van der Waals surface area contributed by atoms with Crippen molar-refractivity contribution < 1.29 is 14.4 Å². The predicted molar refractivity (Wildman–Crippen MR) is 110 cm³/mol. The Balaban J connectivity index is 1.98. The summed E-state index contributed by atoms with van der Waals surface area (Å²) in [5.74, 6) is -2.42. The van der Waals surface area contributed by atoms with Crippen molar-refractivity contribution in [1.82, 2.24) is 0 Å². The topological polar surface area (TPSA) is 157 Å². The summed E-state index contributed by atoms with van der Waals surface area (Å²) >= 11 is 0. The van der Waals surface area contributed by atoms with Crippen molar-refractivity contribution in [3.8, 4) is 18.2 Å². The molecule has 164 valence electrons. The number of hydrogen-bond donors (Lipinski definition) is 1. The van der Waals surface area contributed by atoms with E-state index in [1.165, 1.54) is 18.2 Å². The van der Waals surface area contributed by atoms with Gasteiger partial charge in [0.1, 0.15) is 6.10 Å². The van der Waals surface area contributed by atoms with Gasteiger partial charge in [0.15, 0.2) is 5.41 Å². The van der Waals surface area contributed by atoms with Crippen LogP contribution in [-0.4, -0.2) is 16.6 Å². The number of nitrogens with one attached hydrogen (secondary N) is 1. The monoisotopic (exact) mass is 433 g/mol. The summed E-state index contributed by atoms with van der Waals surface area (Å²) in [7, 11) is 0. The van der Waals surface area contributed by atoms with Crippen LogP contribution in [0.3, 0.4) is 0 Å². The number of para-hydroxylation sites is 1. The molecule has 1 N–H and O–H groups in total. The van der Waals surface area contributed by atoms with E-state index in [4.69, 9.17) is 14.9 Å². The molecular weight excluding hydrogens is 410 g/mol. The van der Waals surface area contributed by atoms with Crippen LogP contribution in [0, 0.1) is 77.6 Å². The molecule has 32 heavy (non-hydrogen) atoms. The lowest BCUT2D eigenvalue weighted by molar-refractivity contribution is -0.387. The number of nitrogens with zero attached hydrogens (tertiary/aromatic N) is 4. The van der Waals surface area contributed by atoms with E-state index in [1.807, 2.05) is 12.1 Å². The van der Waals surface area contributed by atoms with Gasteiger partial charge in [0.25, 0.3) is 5.69 Å². The van der Waals surface area contributed by atoms with Gasteiger partial charge in [-0.15, -0.1) is 0 Å². The normalized spacial score (nSPS) is 34.9. The lowest BCUT2D eigenvalue weighted by Gasteiger charge is -2.54. The van der Waals surface area contributed by atoms with Gasteiger partial charge in [-0.05, 0) is 30.2 Å². The van der Waals surface area contributed by atoms with Crippen molar-refractivity contribution in [3.05, 3.63) is 39.9 Å². The summed E-state index contributed by atoms with van der Waals surface area (Å²) in [5.41, 5.74) is -4.50. The van der Waals surface area contributed by atoms with Crippen molar-refractivity contribution in [2.45, 2.75) is 51.9 Å². The Morgan fingerprint density at radius 1 is 1.19 bits per heavy atom. The molecule has 1 aliphatic carbocycles. The van der Waals surface area contributed by atoms with Crippen LogP contribution in [-0.2, 0) is 9.47 Å². The van der Waals surface area contributed by atoms with Crippen LogP contribution in [0.25, 0.3) is 0 Å². The Bertz CT molecular complexity index is 1120. The molecular formula is C23H23N5O4. The molecule has 3 fully saturated rings. The second-order valence-corrected chi connectivity index (χ2v) is 9.90. The number of hydrogen-bond acceptors (Lipinski definition) is 8. The number of rotatable bonds is 2. The summed E-state index contributed by atoms with van der Waals surface area (Å²) in [6.07, 6.45) is 0.0674. The van der Waals surface area contributed by atoms with Gasteiger partial charge in [0.2, 0.25) is 17.1 Å². The molecule has 1 aromatic carbocycles. The number of ether oxygens (including phenoxy) is 2. The zero-order valence-electron chi connectivity index (χ0n) is 18.1. The Hall–Kier alpha value is -3.48. The molecule has 5 atom stereocenters. The highest BCUT2D eigenvalue weighted by Gasteiger charge is 2.81. The van der Waals surface area contributed by atoms with E-state index in [-0.39, 0.29) is 22.6 Å². The number of nitro benzene ring substituents is 1. The Kier molecular flexibility index (Phi) is 4.59. The number of nitro groups is 1. The summed E-state index contributed by atoms with van der Waals surface area (Å²) in [6.45, 7) is 6.26. The van der Waals surface area contributed by atoms with Crippen LogP contribution in [0.4, 0.5) is 5.69 Å². The minimum atomic E-state index is -2.20. The zero-order valence-corrected chi connectivity index (χ0v) is 18.1. The van der Waals surface area contributed by atoms with E-state index in [0.29, 0.717) is 19.3 Å². The highest BCUT2D eigenvalue weighted by molar-refractivity contribution is 5.89. The zero-order chi connectivity index (χ0) is 23.5. The lowest BCUT2D eigenvalue weighted by Crippen LogP contribution is -2.61. The maximum absolute atomic E-state index is 11.7. The smallest absolute Gasteiger partial charge is 0.275 e. The van der Waals surface area contributed by atoms with E-state index in [0.717, 1.165) is 0 Å². The van der Waals surface area contributed by atoms with Crippen LogP contribution >= 0.6 is 0 Å². The molecule has 2 saturated heterocycles. The van der Waals surface area contributed by atoms with Crippen molar-refractivity contribution in [2.24, 2.45) is 28.1 Å². The highest BCUT2D eigenvalue weighted by Crippen LogP contribution is 2.71. The lowest BCUT2D eigenvalue weighted by atomic mass is 9.49. The molecule has 0 amide bonds. The van der Waals surface area contributed by atoms with Crippen molar-refractivity contribution >= 4 is 11.6 Å². The van der Waals surface area contributed by atoms with Crippen molar-refractivity contribution in [1.29, 1.82) is 21.2 Å². The van der Waals surface area contributed by atoms with Gasteiger partial charge < -0.3 is 9.47 Å². The minimum absolute atomic E-state index is 0.0225. The first-order valence-corrected chi connectivity index (χ1v) is 10.5. The first kappa shape index (κ1) is 21.7. The molecule has 1 saturated carbocycles. The predicted octanol–water partition coefficient (Wildman–Crippen LogP) is 4.38. The van der Waals surface area contributed by atoms with E-state index in [1.54, 1.807) is 6.07 Å². The summed E-state index contributed by atoms with van der Waals surface area (Å²) < 4.78 is 12.2. The molecule has 2 aliphatic heterocycles. The van der Waals surface area contributed by atoms with Gasteiger partial charge in [0.05, 0.1) is 34.6 Å². The van der Waals surface area contributed by atoms with Crippen LogP contribution in [0.5, 0.6) is 0 Å². The van der Waals surface area contributed by atoms with E-state index < -0.39 is 39.5 Å². The van der Waals surface area contributed by atoms with Gasteiger partial charge in [-0.3, -0.25) is 15.5 Å². The fraction of sp³-hybridized carbons (Fsp3) is 0.565.